The lowest BCUT2D eigenvalue weighted by molar-refractivity contribution is -0.136. The standard InChI is InChI=1S/C19H23NO3/c1-2-17(21)13-14-20-18(22)19(23,15-9-5-3-6-10-15)16-11-7-4-8-12-16/h3-12,17,21,23H,2,13-14H2,1H3,(H,20,22). The van der Waals surface area contributed by atoms with Gasteiger partial charge in [0.25, 0.3) is 5.91 Å². The maximum Gasteiger partial charge on any atom is 0.261 e. The fourth-order valence-corrected chi connectivity index (χ4v) is 2.47. The van der Waals surface area contributed by atoms with E-state index in [2.05, 4.69) is 5.32 Å². The Hall–Kier alpha value is -2.17. The van der Waals surface area contributed by atoms with Crippen molar-refractivity contribution in [2.45, 2.75) is 31.5 Å². The highest BCUT2D eigenvalue weighted by atomic mass is 16.3. The van der Waals surface area contributed by atoms with Crippen molar-refractivity contribution >= 4 is 5.91 Å². The van der Waals surface area contributed by atoms with E-state index in [0.717, 1.165) is 0 Å². The molecule has 1 atom stereocenters. The molecule has 3 N–H and O–H groups in total. The van der Waals surface area contributed by atoms with Crippen LogP contribution in [0.5, 0.6) is 0 Å². The summed E-state index contributed by atoms with van der Waals surface area (Å²) in [5.74, 6) is -0.488. The van der Waals surface area contributed by atoms with Gasteiger partial charge in [-0.3, -0.25) is 4.79 Å². The highest BCUT2D eigenvalue weighted by Crippen LogP contribution is 2.29. The minimum absolute atomic E-state index is 0.315. The van der Waals surface area contributed by atoms with E-state index in [0.29, 0.717) is 30.5 Å². The molecule has 2 aromatic carbocycles. The van der Waals surface area contributed by atoms with E-state index in [1.807, 2.05) is 19.1 Å². The van der Waals surface area contributed by atoms with Crippen LogP contribution in [0.25, 0.3) is 0 Å². The van der Waals surface area contributed by atoms with Crippen LogP contribution in [0.1, 0.15) is 30.9 Å². The predicted octanol–water partition coefficient (Wildman–Crippen LogP) is 2.20. The van der Waals surface area contributed by atoms with Crippen molar-refractivity contribution < 1.29 is 15.0 Å². The van der Waals surface area contributed by atoms with Crippen LogP contribution in [-0.2, 0) is 10.4 Å². The summed E-state index contributed by atoms with van der Waals surface area (Å²) >= 11 is 0. The van der Waals surface area contributed by atoms with Crippen LogP contribution in [0.15, 0.2) is 60.7 Å². The van der Waals surface area contributed by atoms with Crippen LogP contribution in [0.4, 0.5) is 0 Å². The normalized spacial score (nSPS) is 12.7. The molecule has 0 bridgehead atoms. The Morgan fingerprint density at radius 3 is 1.96 bits per heavy atom. The fourth-order valence-electron chi connectivity index (χ4n) is 2.47. The summed E-state index contributed by atoms with van der Waals surface area (Å²) in [4.78, 5) is 12.7. The van der Waals surface area contributed by atoms with Crippen LogP contribution in [0.3, 0.4) is 0 Å². The van der Waals surface area contributed by atoms with E-state index in [4.69, 9.17) is 0 Å². The molecule has 0 saturated carbocycles. The van der Waals surface area contributed by atoms with Crippen LogP contribution in [-0.4, -0.2) is 28.8 Å². The Balaban J connectivity index is 2.26. The first-order chi connectivity index (χ1) is 11.1. The molecule has 1 unspecified atom stereocenters. The molecule has 0 saturated heterocycles. The molecule has 0 fully saturated rings. The van der Waals surface area contributed by atoms with Gasteiger partial charge in [-0.05, 0) is 24.0 Å². The van der Waals surface area contributed by atoms with Crippen LogP contribution >= 0.6 is 0 Å². The Labute approximate surface area is 136 Å². The van der Waals surface area contributed by atoms with Gasteiger partial charge in [0, 0.05) is 6.54 Å². The van der Waals surface area contributed by atoms with Crippen molar-refractivity contribution in [3.63, 3.8) is 0 Å². The number of hydrogen-bond acceptors (Lipinski definition) is 3. The predicted molar refractivity (Wildman–Crippen MR) is 89.8 cm³/mol. The number of aliphatic hydroxyl groups is 2. The van der Waals surface area contributed by atoms with Crippen molar-refractivity contribution in [3.8, 4) is 0 Å². The molecule has 0 spiro atoms. The molecular formula is C19H23NO3. The maximum atomic E-state index is 12.7. The molecule has 122 valence electrons. The highest BCUT2D eigenvalue weighted by Gasteiger charge is 2.39. The molecule has 0 heterocycles. The van der Waals surface area contributed by atoms with Crippen molar-refractivity contribution in [1.29, 1.82) is 0 Å². The minimum Gasteiger partial charge on any atom is -0.393 e. The molecule has 2 aromatic rings. The number of benzene rings is 2. The minimum atomic E-state index is -1.75. The monoisotopic (exact) mass is 313 g/mol. The molecule has 0 aliphatic carbocycles. The van der Waals surface area contributed by atoms with Gasteiger partial charge in [0.2, 0.25) is 0 Å². The second-order valence-corrected chi connectivity index (χ2v) is 5.55. The lowest BCUT2D eigenvalue weighted by Crippen LogP contribution is -2.46. The summed E-state index contributed by atoms with van der Waals surface area (Å²) in [7, 11) is 0. The number of nitrogens with one attached hydrogen (secondary N) is 1. The zero-order valence-electron chi connectivity index (χ0n) is 13.3. The van der Waals surface area contributed by atoms with Gasteiger partial charge in [-0.25, -0.2) is 0 Å². The van der Waals surface area contributed by atoms with Crippen LogP contribution in [0, 0.1) is 0 Å². The Morgan fingerprint density at radius 1 is 1.04 bits per heavy atom. The van der Waals surface area contributed by atoms with E-state index in [9.17, 15) is 15.0 Å². The molecule has 0 aliphatic rings. The molecule has 23 heavy (non-hydrogen) atoms. The second kappa shape index (κ2) is 7.90. The van der Waals surface area contributed by atoms with Gasteiger partial charge < -0.3 is 15.5 Å². The van der Waals surface area contributed by atoms with Crippen molar-refractivity contribution in [2.75, 3.05) is 6.54 Å². The average molecular weight is 313 g/mol. The first-order valence-corrected chi connectivity index (χ1v) is 7.88. The molecule has 4 nitrogen and oxygen atoms in total. The second-order valence-electron chi connectivity index (χ2n) is 5.55. The van der Waals surface area contributed by atoms with Crippen molar-refractivity contribution in [1.82, 2.24) is 5.32 Å². The van der Waals surface area contributed by atoms with Gasteiger partial charge >= 0.3 is 0 Å². The molecule has 4 heteroatoms. The quantitative estimate of drug-likeness (QED) is 0.734. The summed E-state index contributed by atoms with van der Waals surface area (Å²) in [6.07, 6.45) is 0.649. The number of rotatable bonds is 7. The summed E-state index contributed by atoms with van der Waals surface area (Å²) < 4.78 is 0. The van der Waals surface area contributed by atoms with Crippen molar-refractivity contribution in [2.24, 2.45) is 0 Å². The van der Waals surface area contributed by atoms with Gasteiger partial charge in [-0.1, -0.05) is 67.6 Å². The number of hydrogen-bond donors (Lipinski definition) is 3. The molecule has 1 amide bonds. The van der Waals surface area contributed by atoms with Gasteiger partial charge in [0.1, 0.15) is 0 Å². The smallest absolute Gasteiger partial charge is 0.261 e. The molecule has 0 radical (unpaired) electrons. The Bertz CT molecular complexity index is 574. The van der Waals surface area contributed by atoms with Gasteiger partial charge in [0.05, 0.1) is 6.10 Å². The molecule has 0 aromatic heterocycles. The summed E-state index contributed by atoms with van der Waals surface area (Å²) in [6.45, 7) is 2.20. The highest BCUT2D eigenvalue weighted by molar-refractivity contribution is 5.90. The first kappa shape index (κ1) is 17.2. The van der Waals surface area contributed by atoms with Crippen LogP contribution in [0.2, 0.25) is 0 Å². The number of aliphatic hydroxyl groups excluding tert-OH is 1. The SMILES string of the molecule is CCC(O)CCNC(=O)C(O)(c1ccccc1)c1ccccc1. The van der Waals surface area contributed by atoms with Gasteiger partial charge in [-0.15, -0.1) is 0 Å². The maximum absolute atomic E-state index is 12.7. The zero-order chi connectivity index (χ0) is 16.7. The van der Waals surface area contributed by atoms with E-state index < -0.39 is 17.6 Å². The molecule has 2 rings (SSSR count). The largest absolute Gasteiger partial charge is 0.393 e. The third-order valence-electron chi connectivity index (χ3n) is 3.95. The third-order valence-corrected chi connectivity index (χ3v) is 3.95. The number of carbonyl (C=O) groups excluding carboxylic acids is 1. The van der Waals surface area contributed by atoms with E-state index >= 15 is 0 Å². The Morgan fingerprint density at radius 2 is 1.52 bits per heavy atom. The topological polar surface area (TPSA) is 69.6 Å². The summed E-state index contributed by atoms with van der Waals surface area (Å²) in [6, 6.07) is 17.8. The average Bonchev–Trinajstić information content (AvgIpc) is 2.62. The number of amides is 1. The Kier molecular flexibility index (Phi) is 5.90. The number of carbonyl (C=O) groups is 1. The van der Waals surface area contributed by atoms with E-state index in [1.54, 1.807) is 48.5 Å². The first-order valence-electron chi connectivity index (χ1n) is 7.88. The van der Waals surface area contributed by atoms with Crippen molar-refractivity contribution in [3.05, 3.63) is 71.8 Å². The van der Waals surface area contributed by atoms with Crippen LogP contribution < -0.4 is 5.32 Å². The molecule has 0 aliphatic heterocycles. The van der Waals surface area contributed by atoms with Gasteiger partial charge in [-0.2, -0.15) is 0 Å². The summed E-state index contributed by atoms with van der Waals surface area (Å²) in [5.41, 5.74) is -0.723. The zero-order valence-corrected chi connectivity index (χ0v) is 13.3. The third kappa shape index (κ3) is 3.97. The lowest BCUT2D eigenvalue weighted by Gasteiger charge is -2.28. The van der Waals surface area contributed by atoms with E-state index in [1.165, 1.54) is 0 Å². The van der Waals surface area contributed by atoms with Gasteiger partial charge in [0.15, 0.2) is 5.60 Å². The van der Waals surface area contributed by atoms with E-state index in [-0.39, 0.29) is 0 Å². The molecular weight excluding hydrogens is 290 g/mol. The fraction of sp³-hybridized carbons (Fsp3) is 0.316. The summed E-state index contributed by atoms with van der Waals surface area (Å²) in [5, 5.41) is 23.5. The lowest BCUT2D eigenvalue weighted by atomic mass is 9.85.